The van der Waals surface area contributed by atoms with Gasteiger partial charge in [-0.15, -0.1) is 0 Å². The molecule has 0 unspecified atom stereocenters. The number of pyridine rings is 1. The van der Waals surface area contributed by atoms with E-state index in [-0.39, 0.29) is 0 Å². The lowest BCUT2D eigenvalue weighted by Crippen LogP contribution is -2.15. The summed E-state index contributed by atoms with van der Waals surface area (Å²) in [5, 5.41) is 3.55. The van der Waals surface area contributed by atoms with Crippen molar-refractivity contribution in [1.82, 2.24) is 10.3 Å². The van der Waals surface area contributed by atoms with Crippen molar-refractivity contribution in [3.05, 3.63) is 47.8 Å². The summed E-state index contributed by atoms with van der Waals surface area (Å²) in [7, 11) is 1.73. The Morgan fingerprint density at radius 1 is 1.20 bits per heavy atom. The topological polar surface area (TPSA) is 34.1 Å². The van der Waals surface area contributed by atoms with Gasteiger partial charge in [-0.2, -0.15) is 0 Å². The molecule has 0 saturated heterocycles. The van der Waals surface area contributed by atoms with Gasteiger partial charge in [-0.25, -0.2) is 0 Å². The van der Waals surface area contributed by atoms with Gasteiger partial charge in [0, 0.05) is 30.0 Å². The molecule has 0 spiro atoms. The van der Waals surface area contributed by atoms with Crippen molar-refractivity contribution in [3.8, 4) is 16.9 Å². The van der Waals surface area contributed by atoms with E-state index in [2.05, 4.69) is 34.6 Å². The average molecular weight is 268 g/mol. The summed E-state index contributed by atoms with van der Waals surface area (Å²) in [4.78, 5) is 4.25. The molecule has 1 aliphatic carbocycles. The number of nitrogens with one attached hydrogen (secondary N) is 1. The molecule has 1 aromatic heterocycles. The Kier molecular flexibility index (Phi) is 3.70. The molecule has 0 aliphatic heterocycles. The number of methoxy groups -OCH3 is 1. The minimum Gasteiger partial charge on any atom is -0.496 e. The molecule has 0 bridgehead atoms. The SMILES string of the molecule is COc1ccc(-c2ccnc(C)c2)cc1CNC1CC1. The van der Waals surface area contributed by atoms with Crippen molar-refractivity contribution in [2.45, 2.75) is 32.4 Å². The molecule has 1 heterocycles. The molecule has 3 heteroatoms. The number of aryl methyl sites for hydroxylation is 1. The molecule has 3 rings (SSSR count). The van der Waals surface area contributed by atoms with Crippen LogP contribution >= 0.6 is 0 Å². The fourth-order valence-corrected chi connectivity index (χ4v) is 2.36. The zero-order chi connectivity index (χ0) is 13.9. The first kappa shape index (κ1) is 13.1. The zero-order valence-electron chi connectivity index (χ0n) is 12.0. The van der Waals surface area contributed by atoms with Crippen molar-refractivity contribution in [1.29, 1.82) is 0 Å². The van der Waals surface area contributed by atoms with Crippen LogP contribution in [0.2, 0.25) is 0 Å². The number of hydrogen-bond donors (Lipinski definition) is 1. The van der Waals surface area contributed by atoms with Gasteiger partial charge in [0.05, 0.1) is 7.11 Å². The van der Waals surface area contributed by atoms with E-state index in [0.29, 0.717) is 6.04 Å². The molecule has 0 radical (unpaired) electrons. The van der Waals surface area contributed by atoms with Crippen molar-refractivity contribution >= 4 is 0 Å². The second kappa shape index (κ2) is 5.63. The van der Waals surface area contributed by atoms with Gasteiger partial charge in [0.25, 0.3) is 0 Å². The Balaban J connectivity index is 1.89. The van der Waals surface area contributed by atoms with Crippen LogP contribution in [-0.2, 0) is 6.54 Å². The van der Waals surface area contributed by atoms with Crippen molar-refractivity contribution in [2.75, 3.05) is 7.11 Å². The highest BCUT2D eigenvalue weighted by atomic mass is 16.5. The number of ether oxygens (including phenoxy) is 1. The Bertz CT molecular complexity index is 606. The summed E-state index contributed by atoms with van der Waals surface area (Å²) in [5.41, 5.74) is 4.67. The Labute approximate surface area is 120 Å². The smallest absolute Gasteiger partial charge is 0.123 e. The summed E-state index contributed by atoms with van der Waals surface area (Å²) >= 11 is 0. The zero-order valence-corrected chi connectivity index (χ0v) is 12.0. The minimum atomic E-state index is 0.700. The van der Waals surface area contributed by atoms with E-state index in [1.165, 1.54) is 29.5 Å². The number of benzene rings is 1. The number of rotatable bonds is 5. The predicted molar refractivity (Wildman–Crippen MR) is 80.8 cm³/mol. The van der Waals surface area contributed by atoms with E-state index in [0.717, 1.165) is 18.0 Å². The molecule has 20 heavy (non-hydrogen) atoms. The lowest BCUT2D eigenvalue weighted by atomic mass is 10.0. The van der Waals surface area contributed by atoms with Crippen LogP contribution in [0, 0.1) is 6.92 Å². The normalized spacial score (nSPS) is 14.3. The van der Waals surface area contributed by atoms with Crippen LogP contribution in [0.15, 0.2) is 36.5 Å². The van der Waals surface area contributed by atoms with Crippen LogP contribution in [0.4, 0.5) is 0 Å². The lowest BCUT2D eigenvalue weighted by Gasteiger charge is -2.12. The second-order valence-electron chi connectivity index (χ2n) is 5.37. The molecule has 1 N–H and O–H groups in total. The largest absolute Gasteiger partial charge is 0.496 e. The average Bonchev–Trinajstić information content (AvgIpc) is 3.29. The molecule has 1 saturated carbocycles. The maximum absolute atomic E-state index is 5.46. The van der Waals surface area contributed by atoms with E-state index >= 15 is 0 Å². The quantitative estimate of drug-likeness (QED) is 0.903. The molecular weight excluding hydrogens is 248 g/mol. The first-order valence-corrected chi connectivity index (χ1v) is 7.09. The predicted octanol–water partition coefficient (Wildman–Crippen LogP) is 3.32. The van der Waals surface area contributed by atoms with Crippen LogP contribution in [0.5, 0.6) is 5.75 Å². The first-order valence-electron chi connectivity index (χ1n) is 7.09. The van der Waals surface area contributed by atoms with E-state index in [1.54, 1.807) is 7.11 Å². The van der Waals surface area contributed by atoms with Gasteiger partial charge in [0.2, 0.25) is 0 Å². The molecular formula is C17H20N2O. The van der Waals surface area contributed by atoms with E-state index in [9.17, 15) is 0 Å². The summed E-state index contributed by atoms with van der Waals surface area (Å²) in [6, 6.07) is 11.2. The van der Waals surface area contributed by atoms with E-state index in [4.69, 9.17) is 4.74 Å². The van der Waals surface area contributed by atoms with Crippen molar-refractivity contribution < 1.29 is 4.74 Å². The van der Waals surface area contributed by atoms with Gasteiger partial charge in [-0.05, 0) is 55.2 Å². The number of aromatic nitrogens is 1. The summed E-state index contributed by atoms with van der Waals surface area (Å²) in [6.45, 7) is 2.88. The van der Waals surface area contributed by atoms with Gasteiger partial charge < -0.3 is 10.1 Å². The molecule has 3 nitrogen and oxygen atoms in total. The van der Waals surface area contributed by atoms with Crippen molar-refractivity contribution in [2.24, 2.45) is 0 Å². The standard InChI is InChI=1S/C17H20N2O/c1-12-9-14(7-8-18-12)13-3-6-17(20-2)15(10-13)11-19-16-4-5-16/h3,6-10,16,19H,4-5,11H2,1-2H3. The Morgan fingerprint density at radius 2 is 2.00 bits per heavy atom. The molecule has 1 fully saturated rings. The van der Waals surface area contributed by atoms with Gasteiger partial charge in [0.1, 0.15) is 5.75 Å². The highest BCUT2D eigenvalue weighted by Gasteiger charge is 2.20. The number of hydrogen-bond acceptors (Lipinski definition) is 3. The maximum Gasteiger partial charge on any atom is 0.123 e. The summed E-state index contributed by atoms with van der Waals surface area (Å²) < 4.78 is 5.46. The van der Waals surface area contributed by atoms with Crippen LogP contribution < -0.4 is 10.1 Å². The Morgan fingerprint density at radius 3 is 2.70 bits per heavy atom. The monoisotopic (exact) mass is 268 g/mol. The number of nitrogens with zero attached hydrogens (tertiary/aromatic N) is 1. The van der Waals surface area contributed by atoms with Crippen LogP contribution in [-0.4, -0.2) is 18.1 Å². The molecule has 1 aliphatic rings. The highest BCUT2D eigenvalue weighted by molar-refractivity contribution is 5.65. The molecule has 0 atom stereocenters. The second-order valence-corrected chi connectivity index (χ2v) is 5.37. The van der Waals surface area contributed by atoms with E-state index < -0.39 is 0 Å². The third-order valence-electron chi connectivity index (χ3n) is 3.67. The van der Waals surface area contributed by atoms with Crippen molar-refractivity contribution in [3.63, 3.8) is 0 Å². The molecule has 1 aromatic carbocycles. The van der Waals surface area contributed by atoms with Gasteiger partial charge in [0.15, 0.2) is 0 Å². The van der Waals surface area contributed by atoms with Crippen LogP contribution in [0.1, 0.15) is 24.1 Å². The molecule has 0 amide bonds. The third kappa shape index (κ3) is 2.99. The van der Waals surface area contributed by atoms with Gasteiger partial charge in [-0.1, -0.05) is 6.07 Å². The maximum atomic E-state index is 5.46. The highest BCUT2D eigenvalue weighted by Crippen LogP contribution is 2.28. The van der Waals surface area contributed by atoms with Crippen LogP contribution in [0.25, 0.3) is 11.1 Å². The van der Waals surface area contributed by atoms with Gasteiger partial charge in [-0.3, -0.25) is 4.98 Å². The summed E-state index contributed by atoms with van der Waals surface area (Å²) in [6.07, 6.45) is 4.45. The fourth-order valence-electron chi connectivity index (χ4n) is 2.36. The third-order valence-corrected chi connectivity index (χ3v) is 3.67. The lowest BCUT2D eigenvalue weighted by molar-refractivity contribution is 0.407. The summed E-state index contributed by atoms with van der Waals surface area (Å²) in [5.74, 6) is 0.952. The molecule has 104 valence electrons. The molecule has 2 aromatic rings. The Hall–Kier alpha value is -1.87. The first-order chi connectivity index (χ1) is 9.76. The fraction of sp³-hybridized carbons (Fsp3) is 0.353. The minimum absolute atomic E-state index is 0.700. The van der Waals surface area contributed by atoms with Gasteiger partial charge >= 0.3 is 0 Å². The van der Waals surface area contributed by atoms with Crippen LogP contribution in [0.3, 0.4) is 0 Å². The van der Waals surface area contributed by atoms with E-state index in [1.807, 2.05) is 19.2 Å².